The van der Waals surface area contributed by atoms with Gasteiger partial charge < -0.3 is 4.52 Å². The molecule has 2 bridgehead atoms. The quantitative estimate of drug-likeness (QED) is 0.676. The van der Waals surface area contributed by atoms with Crippen molar-refractivity contribution in [3.63, 3.8) is 0 Å². The fourth-order valence-electron chi connectivity index (χ4n) is 2.50. The number of rotatable bonds is 1. The largest absolute Gasteiger partial charge is 0.357 e. The molecule has 0 radical (unpaired) electrons. The second-order valence-electron chi connectivity index (χ2n) is 4.18. The van der Waals surface area contributed by atoms with E-state index in [1.165, 1.54) is 31.5 Å². The van der Waals surface area contributed by atoms with E-state index in [0.29, 0.717) is 0 Å². The number of nitrogens with zero attached hydrogens (tertiary/aromatic N) is 2. The molecule has 0 saturated carbocycles. The molecular weight excluding hydrogens is 176 g/mol. The zero-order valence-corrected chi connectivity index (χ0v) is 8.15. The lowest BCUT2D eigenvalue weighted by Gasteiger charge is -2.40. The van der Waals surface area contributed by atoms with Crippen molar-refractivity contribution in [2.75, 3.05) is 19.6 Å². The topological polar surface area (TPSA) is 29.3 Å². The Morgan fingerprint density at radius 3 is 2.86 bits per heavy atom. The van der Waals surface area contributed by atoms with Crippen molar-refractivity contribution in [1.29, 1.82) is 0 Å². The molecule has 0 unspecified atom stereocenters. The van der Waals surface area contributed by atoms with Crippen LogP contribution in [0.15, 0.2) is 22.4 Å². The number of piperidine rings is 3. The van der Waals surface area contributed by atoms with Gasteiger partial charge in [0.1, 0.15) is 0 Å². The molecule has 3 aliphatic rings. The van der Waals surface area contributed by atoms with Crippen molar-refractivity contribution in [2.24, 2.45) is 5.92 Å². The Morgan fingerprint density at radius 1 is 1.43 bits per heavy atom. The van der Waals surface area contributed by atoms with Gasteiger partial charge in [-0.3, -0.25) is 4.90 Å². The first-order valence-corrected chi connectivity index (χ1v) is 5.25. The predicted molar refractivity (Wildman–Crippen MR) is 53.6 cm³/mol. The zero-order chi connectivity index (χ0) is 9.38. The molecule has 3 nitrogen and oxygen atoms in total. The summed E-state index contributed by atoms with van der Waals surface area (Å²) < 4.78 is 5.10. The van der Waals surface area contributed by atoms with Crippen molar-refractivity contribution in [3.05, 3.63) is 23.6 Å². The molecular formula is C11H14N2O. The van der Waals surface area contributed by atoms with Crippen molar-refractivity contribution in [2.45, 2.75) is 12.8 Å². The van der Waals surface area contributed by atoms with E-state index in [4.69, 9.17) is 4.52 Å². The normalized spacial score (nSPS) is 33.9. The van der Waals surface area contributed by atoms with E-state index < -0.39 is 0 Å². The third-order valence-corrected chi connectivity index (χ3v) is 3.30. The van der Waals surface area contributed by atoms with Crippen LogP contribution in [0.1, 0.15) is 18.6 Å². The van der Waals surface area contributed by atoms with E-state index in [9.17, 15) is 0 Å². The molecule has 4 rings (SSSR count). The number of hydrogen-bond donors (Lipinski definition) is 0. The van der Waals surface area contributed by atoms with Crippen LogP contribution in [0.25, 0.3) is 6.08 Å². The molecule has 1 aromatic rings. The molecule has 3 heteroatoms. The summed E-state index contributed by atoms with van der Waals surface area (Å²) in [6.45, 7) is 3.68. The molecule has 0 aliphatic carbocycles. The molecule has 0 N–H and O–H groups in total. The molecule has 74 valence electrons. The summed E-state index contributed by atoms with van der Waals surface area (Å²) >= 11 is 0. The highest BCUT2D eigenvalue weighted by molar-refractivity contribution is 5.48. The van der Waals surface area contributed by atoms with Crippen LogP contribution in [-0.4, -0.2) is 29.7 Å². The van der Waals surface area contributed by atoms with Crippen molar-refractivity contribution in [1.82, 2.24) is 10.1 Å². The van der Waals surface area contributed by atoms with Gasteiger partial charge in [-0.1, -0.05) is 5.16 Å². The third kappa shape index (κ3) is 1.38. The standard InChI is InChI=1S/C11H14N2O/c1-4-12-14-11(1)7-10-8-13-5-2-9(10)3-6-13/h1,4,7,9H,2-3,5-6,8H2/b10-7+. The number of fused-ring (bicyclic) bond motifs is 3. The van der Waals surface area contributed by atoms with Crippen LogP contribution in [0.3, 0.4) is 0 Å². The maximum atomic E-state index is 5.10. The highest BCUT2D eigenvalue weighted by atomic mass is 16.5. The van der Waals surface area contributed by atoms with E-state index in [2.05, 4.69) is 16.1 Å². The summed E-state index contributed by atoms with van der Waals surface area (Å²) in [5.74, 6) is 1.69. The molecule has 0 spiro atoms. The summed E-state index contributed by atoms with van der Waals surface area (Å²) in [7, 11) is 0. The monoisotopic (exact) mass is 190 g/mol. The second-order valence-corrected chi connectivity index (χ2v) is 4.18. The lowest BCUT2D eigenvalue weighted by molar-refractivity contribution is 0.163. The van der Waals surface area contributed by atoms with Crippen LogP contribution >= 0.6 is 0 Å². The lowest BCUT2D eigenvalue weighted by Crippen LogP contribution is -2.42. The van der Waals surface area contributed by atoms with Crippen molar-refractivity contribution < 1.29 is 4.52 Å². The molecule has 3 saturated heterocycles. The smallest absolute Gasteiger partial charge is 0.159 e. The van der Waals surface area contributed by atoms with Gasteiger partial charge in [-0.25, -0.2) is 0 Å². The van der Waals surface area contributed by atoms with Crippen LogP contribution < -0.4 is 0 Å². The molecule has 3 fully saturated rings. The van der Waals surface area contributed by atoms with Crippen LogP contribution in [-0.2, 0) is 0 Å². The van der Waals surface area contributed by atoms with Gasteiger partial charge in [0.15, 0.2) is 5.76 Å². The maximum Gasteiger partial charge on any atom is 0.159 e. The lowest BCUT2D eigenvalue weighted by atomic mass is 9.83. The molecule has 4 heterocycles. The summed E-state index contributed by atoms with van der Waals surface area (Å²) in [6, 6.07) is 1.92. The second kappa shape index (κ2) is 3.24. The van der Waals surface area contributed by atoms with Gasteiger partial charge in [-0.15, -0.1) is 0 Å². The van der Waals surface area contributed by atoms with Gasteiger partial charge in [0.2, 0.25) is 0 Å². The molecule has 1 aromatic heterocycles. The Labute approximate surface area is 83.4 Å². The zero-order valence-electron chi connectivity index (χ0n) is 8.15. The SMILES string of the molecule is C(=C1/CN2CCC1CC2)/c1ccno1. The Kier molecular flexibility index (Phi) is 1.91. The highest BCUT2D eigenvalue weighted by Crippen LogP contribution is 2.32. The van der Waals surface area contributed by atoms with Gasteiger partial charge in [0.25, 0.3) is 0 Å². The Hall–Kier alpha value is -1.09. The molecule has 0 aromatic carbocycles. The van der Waals surface area contributed by atoms with E-state index in [1.807, 2.05) is 6.07 Å². The average Bonchev–Trinajstić information content (AvgIpc) is 2.72. The van der Waals surface area contributed by atoms with E-state index >= 15 is 0 Å². The van der Waals surface area contributed by atoms with Crippen LogP contribution in [0.5, 0.6) is 0 Å². The fraction of sp³-hybridized carbons (Fsp3) is 0.545. The molecule has 3 aliphatic heterocycles. The van der Waals surface area contributed by atoms with Crippen molar-refractivity contribution in [3.8, 4) is 0 Å². The van der Waals surface area contributed by atoms with Crippen LogP contribution in [0.4, 0.5) is 0 Å². The Balaban J connectivity index is 1.85. The predicted octanol–water partition coefficient (Wildman–Crippen LogP) is 1.78. The Bertz CT molecular complexity index is 334. The fourth-order valence-corrected chi connectivity index (χ4v) is 2.50. The number of hydrogen-bond acceptors (Lipinski definition) is 3. The maximum absolute atomic E-state index is 5.10. The first kappa shape index (κ1) is 8.24. The van der Waals surface area contributed by atoms with E-state index in [1.54, 1.807) is 6.20 Å². The highest BCUT2D eigenvalue weighted by Gasteiger charge is 2.29. The first-order chi connectivity index (χ1) is 6.92. The summed E-state index contributed by atoms with van der Waals surface area (Å²) in [5.41, 5.74) is 1.53. The number of aromatic nitrogens is 1. The summed E-state index contributed by atoms with van der Waals surface area (Å²) in [6.07, 6.45) is 6.51. The van der Waals surface area contributed by atoms with Gasteiger partial charge in [0.05, 0.1) is 6.20 Å². The van der Waals surface area contributed by atoms with Gasteiger partial charge in [0, 0.05) is 12.6 Å². The minimum Gasteiger partial charge on any atom is -0.357 e. The van der Waals surface area contributed by atoms with Gasteiger partial charge in [-0.2, -0.15) is 0 Å². The minimum absolute atomic E-state index is 0.796. The van der Waals surface area contributed by atoms with Crippen molar-refractivity contribution >= 4 is 6.08 Å². The molecule has 14 heavy (non-hydrogen) atoms. The minimum atomic E-state index is 0.796. The van der Waals surface area contributed by atoms with Gasteiger partial charge in [-0.05, 0) is 43.5 Å². The van der Waals surface area contributed by atoms with E-state index in [0.717, 1.165) is 18.2 Å². The van der Waals surface area contributed by atoms with Crippen LogP contribution in [0, 0.1) is 5.92 Å². The Morgan fingerprint density at radius 2 is 2.29 bits per heavy atom. The van der Waals surface area contributed by atoms with Crippen LogP contribution in [0.2, 0.25) is 0 Å². The molecule has 0 atom stereocenters. The first-order valence-electron chi connectivity index (χ1n) is 5.25. The third-order valence-electron chi connectivity index (χ3n) is 3.30. The summed E-state index contributed by atoms with van der Waals surface area (Å²) in [4.78, 5) is 2.52. The average molecular weight is 190 g/mol. The van der Waals surface area contributed by atoms with E-state index in [-0.39, 0.29) is 0 Å². The summed E-state index contributed by atoms with van der Waals surface area (Å²) in [5, 5.41) is 3.72. The molecule has 0 amide bonds. The van der Waals surface area contributed by atoms with Gasteiger partial charge >= 0.3 is 0 Å².